The number of hydrogen-bond donors (Lipinski definition) is 2. The van der Waals surface area contributed by atoms with Gasteiger partial charge in [0.05, 0.1) is 22.8 Å². The molecule has 59 heavy (non-hydrogen) atoms. The number of nitrogens with zero attached hydrogens (tertiary/aromatic N) is 2. The van der Waals surface area contributed by atoms with Crippen LogP contribution in [0.2, 0.25) is 0 Å². The molecule has 5 heterocycles. The number of alkyl halides is 5. The van der Waals surface area contributed by atoms with Crippen LogP contribution in [-0.4, -0.2) is 31.2 Å². The van der Waals surface area contributed by atoms with Crippen LogP contribution in [0.3, 0.4) is 0 Å². The molecule has 0 radical (unpaired) electrons. The minimum Gasteiger partial charge on any atom is -0.354 e. The molecule has 11 heteroatoms. The van der Waals surface area contributed by atoms with E-state index < -0.39 is 28.5 Å². The number of rotatable bonds is 7. The predicted molar refractivity (Wildman–Crippen MR) is 225 cm³/mol. The fraction of sp³-hybridized carbons (Fsp3) is 0.0417. The number of benzene rings is 4. The fourth-order valence-corrected chi connectivity index (χ4v) is 7.54. The first-order valence-corrected chi connectivity index (χ1v) is 18.8. The molecular formula is C48H29ClF6N4. The minimum atomic E-state index is -5.70. The Bertz CT molecular complexity index is 3000. The molecule has 9 rings (SSSR count). The second kappa shape index (κ2) is 14.8. The number of aromatic amines is 2. The molecule has 0 unspecified atom stereocenters. The highest BCUT2D eigenvalue weighted by Crippen LogP contribution is 2.49. The van der Waals surface area contributed by atoms with E-state index >= 15 is 8.78 Å². The highest BCUT2D eigenvalue weighted by atomic mass is 35.5. The lowest BCUT2D eigenvalue weighted by Gasteiger charge is -2.20. The first kappa shape index (κ1) is 37.7. The van der Waals surface area contributed by atoms with Gasteiger partial charge in [-0.05, 0) is 76.3 Å². The second-order valence-corrected chi connectivity index (χ2v) is 14.3. The molecule has 290 valence electrons. The normalized spacial score (nSPS) is 13.3. The summed E-state index contributed by atoms with van der Waals surface area (Å²) in [6, 6.07) is 43.9. The van der Waals surface area contributed by atoms with E-state index in [1.54, 1.807) is 78.9 Å². The third-order valence-corrected chi connectivity index (χ3v) is 10.4. The van der Waals surface area contributed by atoms with Crippen LogP contribution in [0.5, 0.6) is 0 Å². The average Bonchev–Trinajstić information content (AvgIpc) is 4.09. The number of hydrogen-bond acceptors (Lipinski definition) is 2. The molecule has 0 saturated heterocycles. The molecule has 8 bridgehead atoms. The van der Waals surface area contributed by atoms with E-state index in [1.807, 2.05) is 78.9 Å². The molecule has 0 spiro atoms. The third kappa shape index (κ3) is 6.75. The van der Waals surface area contributed by atoms with Crippen LogP contribution >= 0.6 is 11.6 Å². The van der Waals surface area contributed by atoms with Gasteiger partial charge in [-0.15, -0.1) is 0 Å². The zero-order chi connectivity index (χ0) is 40.9. The Labute approximate surface area is 338 Å². The van der Waals surface area contributed by atoms with Crippen molar-refractivity contribution in [2.45, 2.75) is 11.3 Å². The molecule has 4 nitrogen and oxygen atoms in total. The summed E-state index contributed by atoms with van der Waals surface area (Å²) in [7, 11) is 0. The van der Waals surface area contributed by atoms with Gasteiger partial charge >= 0.3 is 11.3 Å². The number of nitrogens with one attached hydrogen (secondary N) is 2. The Morgan fingerprint density at radius 3 is 1.20 bits per heavy atom. The van der Waals surface area contributed by atoms with Crippen molar-refractivity contribution in [2.24, 2.45) is 0 Å². The lowest BCUT2D eigenvalue weighted by atomic mass is 9.98. The molecule has 2 N–H and O–H groups in total. The van der Waals surface area contributed by atoms with Crippen molar-refractivity contribution in [1.29, 1.82) is 0 Å². The zero-order valence-corrected chi connectivity index (χ0v) is 31.4. The highest BCUT2D eigenvalue weighted by Gasteiger charge is 2.60. The summed E-state index contributed by atoms with van der Waals surface area (Å²) in [5.74, 6) is -11.0. The van der Waals surface area contributed by atoms with Crippen LogP contribution in [0.15, 0.2) is 157 Å². The summed E-state index contributed by atoms with van der Waals surface area (Å²) in [6.45, 7) is 0. The number of H-pyrrole nitrogens is 2. The molecular weight excluding hydrogens is 782 g/mol. The zero-order valence-electron chi connectivity index (χ0n) is 30.6. The molecule has 2 aliphatic heterocycles. The van der Waals surface area contributed by atoms with Gasteiger partial charge in [-0.2, -0.15) is 17.6 Å². The lowest BCUT2D eigenvalue weighted by molar-refractivity contribution is -0.142. The monoisotopic (exact) mass is 810 g/mol. The molecule has 4 aromatic carbocycles. The Balaban J connectivity index is 1.52. The smallest absolute Gasteiger partial charge is 0.354 e. The van der Waals surface area contributed by atoms with Crippen LogP contribution in [0.25, 0.3) is 90.4 Å². The van der Waals surface area contributed by atoms with Gasteiger partial charge in [-0.3, -0.25) is 0 Å². The van der Waals surface area contributed by atoms with Crippen molar-refractivity contribution in [2.75, 3.05) is 0 Å². The predicted octanol–water partition coefficient (Wildman–Crippen LogP) is 14.3. The molecule has 0 amide bonds. The first-order chi connectivity index (χ1) is 28.5. The molecule has 0 saturated carbocycles. The van der Waals surface area contributed by atoms with E-state index in [4.69, 9.17) is 9.97 Å². The number of fused-ring (bicyclic) bond motifs is 8. The maximum Gasteiger partial charge on any atom is 0.391 e. The van der Waals surface area contributed by atoms with Gasteiger partial charge in [-0.25, -0.2) is 18.7 Å². The van der Waals surface area contributed by atoms with Crippen molar-refractivity contribution in [3.8, 4) is 44.5 Å². The summed E-state index contributed by atoms with van der Waals surface area (Å²) in [6.07, 6.45) is 4.96. The van der Waals surface area contributed by atoms with Crippen LogP contribution in [0.4, 0.5) is 26.3 Å². The van der Waals surface area contributed by atoms with E-state index in [0.29, 0.717) is 55.7 Å². The van der Waals surface area contributed by atoms with Crippen molar-refractivity contribution in [3.05, 3.63) is 180 Å². The van der Waals surface area contributed by atoms with E-state index in [1.165, 1.54) is 0 Å². The van der Waals surface area contributed by atoms with E-state index in [0.717, 1.165) is 22.8 Å². The summed E-state index contributed by atoms with van der Waals surface area (Å²) in [4.78, 5) is 17.0. The van der Waals surface area contributed by atoms with Gasteiger partial charge in [0.15, 0.2) is 5.83 Å². The van der Waals surface area contributed by atoms with Crippen molar-refractivity contribution in [1.82, 2.24) is 19.9 Å². The van der Waals surface area contributed by atoms with Gasteiger partial charge in [0, 0.05) is 49.9 Å². The van der Waals surface area contributed by atoms with E-state index in [-0.39, 0.29) is 17.0 Å². The number of halogens is 7. The Morgan fingerprint density at radius 1 is 0.458 bits per heavy atom. The SMILES string of the molecule is F/C(C1=Cc2nc1c(-c1ccccc1)c1ccc([nH]1)c(-c1ccccc1)c1nc(c(-c3ccccc3)c3ccc([nH]3)c2-c2ccccc2)C=C1)=C(\F)C(F)(F)C(F)(F)Cl. The topological polar surface area (TPSA) is 57.4 Å². The van der Waals surface area contributed by atoms with Gasteiger partial charge < -0.3 is 9.97 Å². The van der Waals surface area contributed by atoms with Crippen LogP contribution in [-0.2, 0) is 0 Å². The largest absolute Gasteiger partial charge is 0.391 e. The number of aromatic nitrogens is 4. The summed E-state index contributed by atoms with van der Waals surface area (Å²) >= 11 is 4.68. The van der Waals surface area contributed by atoms with Gasteiger partial charge in [0.25, 0.3) is 0 Å². The third-order valence-electron chi connectivity index (χ3n) is 10.2. The van der Waals surface area contributed by atoms with Gasteiger partial charge in [-0.1, -0.05) is 121 Å². The highest BCUT2D eigenvalue weighted by molar-refractivity contribution is 6.22. The Kier molecular flexibility index (Phi) is 9.44. The molecule has 0 aliphatic carbocycles. The lowest BCUT2D eigenvalue weighted by Crippen LogP contribution is -2.36. The molecule has 7 aromatic rings. The number of allylic oxidation sites excluding steroid dienone is 3. The molecule has 0 fully saturated rings. The first-order valence-electron chi connectivity index (χ1n) is 18.4. The summed E-state index contributed by atoms with van der Waals surface area (Å²) in [5, 5.41) is -5.45. The summed E-state index contributed by atoms with van der Waals surface area (Å²) in [5.41, 5.74) is 7.05. The van der Waals surface area contributed by atoms with Gasteiger partial charge in [0.2, 0.25) is 5.83 Å². The van der Waals surface area contributed by atoms with Crippen LogP contribution < -0.4 is 0 Å². The molecule has 3 aromatic heterocycles. The Hall–Kier alpha value is -6.91. The van der Waals surface area contributed by atoms with E-state index in [9.17, 15) is 17.6 Å². The van der Waals surface area contributed by atoms with Crippen LogP contribution in [0.1, 0.15) is 22.8 Å². The van der Waals surface area contributed by atoms with E-state index in [2.05, 4.69) is 21.6 Å². The minimum absolute atomic E-state index is 0.0392. The maximum absolute atomic E-state index is 16.6. The van der Waals surface area contributed by atoms with Crippen molar-refractivity contribution < 1.29 is 26.3 Å². The maximum atomic E-state index is 16.6. The van der Waals surface area contributed by atoms with Gasteiger partial charge in [0.1, 0.15) is 0 Å². The van der Waals surface area contributed by atoms with Crippen molar-refractivity contribution >= 4 is 57.5 Å². The van der Waals surface area contributed by atoms with Crippen molar-refractivity contribution in [3.63, 3.8) is 0 Å². The average molecular weight is 811 g/mol. The fourth-order valence-electron chi connectivity index (χ4n) is 7.46. The standard InChI is InChI=1S/C48H29ClF6N4/c49-48(54,55)47(52,53)46(51)44(50)32-27-39-42(30-17-9-3-10-18-30)37-24-23-35(57-37)40(28-13-5-1-6-14-28)33-21-22-34(56-33)41(29-15-7-2-8-16-29)36-25-26-38(58-36)43(45(32)59-39)31-19-11-4-12-20-31/h1-27,57-58H/b40-33?,40-35?,41-34?,41-36?,42-37?,42-39?,43-38?,45-43?,46-44-. The second-order valence-electron chi connectivity index (χ2n) is 13.9. The Morgan fingerprint density at radius 2 is 0.814 bits per heavy atom. The molecule has 0 atom stereocenters. The summed E-state index contributed by atoms with van der Waals surface area (Å²) < 4.78 is 90.1. The van der Waals surface area contributed by atoms with Crippen LogP contribution in [0, 0.1) is 0 Å². The molecule has 2 aliphatic rings. The quantitative estimate of drug-likeness (QED) is 0.124.